The standard InChI is InChI=1S/C12H8INO3/c13-12-6-4-10(17-12)3-5-11(15)9-2-1-7-14(16)8-9/h1-8H/b5-3+. The zero-order valence-corrected chi connectivity index (χ0v) is 10.8. The third-order valence-corrected chi connectivity index (χ3v) is 2.63. The summed E-state index contributed by atoms with van der Waals surface area (Å²) in [7, 11) is 0. The number of hydrogen-bond donors (Lipinski definition) is 0. The molecule has 17 heavy (non-hydrogen) atoms. The number of rotatable bonds is 3. The molecular weight excluding hydrogens is 333 g/mol. The lowest BCUT2D eigenvalue weighted by atomic mass is 10.2. The fourth-order valence-corrected chi connectivity index (χ4v) is 1.71. The van der Waals surface area contributed by atoms with Crippen LogP contribution < -0.4 is 4.73 Å². The van der Waals surface area contributed by atoms with Crippen molar-refractivity contribution in [1.82, 2.24) is 0 Å². The van der Waals surface area contributed by atoms with Crippen molar-refractivity contribution in [2.75, 3.05) is 0 Å². The molecule has 0 fully saturated rings. The second kappa shape index (κ2) is 5.13. The van der Waals surface area contributed by atoms with Crippen LogP contribution in [-0.2, 0) is 0 Å². The van der Waals surface area contributed by atoms with Gasteiger partial charge in [0.15, 0.2) is 21.9 Å². The van der Waals surface area contributed by atoms with Gasteiger partial charge in [-0.1, -0.05) is 0 Å². The van der Waals surface area contributed by atoms with Gasteiger partial charge in [0.05, 0.1) is 5.56 Å². The Morgan fingerprint density at radius 3 is 2.88 bits per heavy atom. The second-order valence-electron chi connectivity index (χ2n) is 3.29. The molecule has 5 heteroatoms. The molecule has 0 amide bonds. The van der Waals surface area contributed by atoms with E-state index in [1.807, 2.05) is 22.6 Å². The van der Waals surface area contributed by atoms with Crippen molar-refractivity contribution in [3.8, 4) is 0 Å². The fourth-order valence-electron chi connectivity index (χ4n) is 1.27. The van der Waals surface area contributed by atoms with Crippen molar-refractivity contribution in [2.45, 2.75) is 0 Å². The predicted molar refractivity (Wildman–Crippen MR) is 70.2 cm³/mol. The van der Waals surface area contributed by atoms with Crippen LogP contribution in [0.25, 0.3) is 6.08 Å². The van der Waals surface area contributed by atoms with Gasteiger partial charge >= 0.3 is 0 Å². The molecule has 0 aliphatic heterocycles. The van der Waals surface area contributed by atoms with E-state index in [1.54, 1.807) is 24.3 Å². The average Bonchev–Trinajstić information content (AvgIpc) is 2.72. The molecule has 0 aliphatic rings. The number of allylic oxidation sites excluding steroid dienone is 1. The number of aromatic nitrogens is 1. The lowest BCUT2D eigenvalue weighted by molar-refractivity contribution is -0.605. The number of furan rings is 1. The van der Waals surface area contributed by atoms with Crippen molar-refractivity contribution in [2.24, 2.45) is 0 Å². The zero-order chi connectivity index (χ0) is 12.3. The molecule has 0 aromatic carbocycles. The summed E-state index contributed by atoms with van der Waals surface area (Å²) < 4.78 is 6.62. The molecule has 0 unspecified atom stereocenters. The van der Waals surface area contributed by atoms with Gasteiger partial charge in [0, 0.05) is 6.07 Å². The summed E-state index contributed by atoms with van der Waals surface area (Å²) in [6.07, 6.45) is 5.52. The molecule has 4 nitrogen and oxygen atoms in total. The number of halogens is 1. The highest BCUT2D eigenvalue weighted by atomic mass is 127. The summed E-state index contributed by atoms with van der Waals surface area (Å²) in [5.74, 6) is 0.371. The lowest BCUT2D eigenvalue weighted by Gasteiger charge is -1.96. The smallest absolute Gasteiger partial charge is 0.192 e. The van der Waals surface area contributed by atoms with E-state index in [1.165, 1.54) is 24.5 Å². The Hall–Kier alpha value is -1.63. The molecule has 0 saturated carbocycles. The van der Waals surface area contributed by atoms with Crippen LogP contribution in [0.5, 0.6) is 0 Å². The van der Waals surface area contributed by atoms with Gasteiger partial charge in [0.1, 0.15) is 5.76 Å². The van der Waals surface area contributed by atoms with Crippen molar-refractivity contribution < 1.29 is 13.9 Å². The van der Waals surface area contributed by atoms with Gasteiger partial charge in [-0.2, -0.15) is 4.73 Å². The molecule has 2 rings (SSSR count). The number of carbonyl (C=O) groups excluding carboxylic acids is 1. The molecule has 0 N–H and O–H groups in total. The van der Waals surface area contributed by atoms with Gasteiger partial charge in [-0.3, -0.25) is 4.79 Å². The molecule has 0 atom stereocenters. The summed E-state index contributed by atoms with van der Waals surface area (Å²) >= 11 is 2.04. The van der Waals surface area contributed by atoms with Gasteiger partial charge in [-0.05, 0) is 52.9 Å². The van der Waals surface area contributed by atoms with Crippen LogP contribution in [0.3, 0.4) is 0 Å². The molecule has 2 aromatic rings. The van der Waals surface area contributed by atoms with Crippen molar-refractivity contribution >= 4 is 34.5 Å². The minimum absolute atomic E-state index is 0.235. The first kappa shape index (κ1) is 11.8. The Balaban J connectivity index is 2.14. The van der Waals surface area contributed by atoms with E-state index in [-0.39, 0.29) is 5.78 Å². The van der Waals surface area contributed by atoms with Crippen LogP contribution in [0.15, 0.2) is 47.2 Å². The molecule has 0 spiro atoms. The SMILES string of the molecule is O=C(/C=C/c1ccc(I)o1)c1ccc[n+]([O-])c1. The zero-order valence-electron chi connectivity index (χ0n) is 8.67. The molecule has 0 aliphatic carbocycles. The van der Waals surface area contributed by atoms with E-state index in [4.69, 9.17) is 4.42 Å². The van der Waals surface area contributed by atoms with Crippen LogP contribution in [-0.4, -0.2) is 5.78 Å². The average molecular weight is 341 g/mol. The third kappa shape index (κ3) is 3.16. The number of ketones is 1. The Kier molecular flexibility index (Phi) is 3.58. The van der Waals surface area contributed by atoms with Gasteiger partial charge in [-0.15, -0.1) is 0 Å². The lowest BCUT2D eigenvalue weighted by Crippen LogP contribution is -2.25. The molecular formula is C12H8INO3. The van der Waals surface area contributed by atoms with Crippen molar-refractivity contribution in [3.63, 3.8) is 0 Å². The molecule has 0 saturated heterocycles. The maximum atomic E-state index is 11.7. The third-order valence-electron chi connectivity index (χ3n) is 2.05. The maximum absolute atomic E-state index is 11.7. The summed E-state index contributed by atoms with van der Waals surface area (Å²) in [4.78, 5) is 11.7. The highest BCUT2D eigenvalue weighted by molar-refractivity contribution is 14.1. The highest BCUT2D eigenvalue weighted by Gasteiger charge is 2.05. The maximum Gasteiger partial charge on any atom is 0.192 e. The first-order chi connectivity index (χ1) is 8.15. The summed E-state index contributed by atoms with van der Waals surface area (Å²) in [5.41, 5.74) is 0.347. The summed E-state index contributed by atoms with van der Waals surface area (Å²) in [6.45, 7) is 0. The minimum Gasteiger partial charge on any atom is -0.619 e. The molecule has 86 valence electrons. The highest BCUT2D eigenvalue weighted by Crippen LogP contribution is 2.11. The summed E-state index contributed by atoms with van der Waals surface area (Å²) in [6, 6.07) is 6.69. The largest absolute Gasteiger partial charge is 0.619 e. The van der Waals surface area contributed by atoms with E-state index in [0.717, 1.165) is 3.77 Å². The Morgan fingerprint density at radius 1 is 1.41 bits per heavy atom. The first-order valence-electron chi connectivity index (χ1n) is 4.82. The van der Waals surface area contributed by atoms with Crippen molar-refractivity contribution in [3.05, 3.63) is 63.0 Å². The van der Waals surface area contributed by atoms with Crippen LogP contribution in [0.1, 0.15) is 16.1 Å². The number of carbonyl (C=O) groups is 1. The molecule has 2 heterocycles. The fraction of sp³-hybridized carbons (Fsp3) is 0. The number of nitrogens with zero attached hydrogens (tertiary/aromatic N) is 1. The van der Waals surface area contributed by atoms with Crippen LogP contribution in [0, 0.1) is 8.97 Å². The number of hydrogen-bond acceptors (Lipinski definition) is 3. The Labute approximate surface area is 111 Å². The second-order valence-corrected chi connectivity index (χ2v) is 4.36. The van der Waals surface area contributed by atoms with E-state index < -0.39 is 0 Å². The first-order valence-corrected chi connectivity index (χ1v) is 5.89. The van der Waals surface area contributed by atoms with Gasteiger partial charge in [0.2, 0.25) is 0 Å². The van der Waals surface area contributed by atoms with Gasteiger partial charge in [-0.25, -0.2) is 0 Å². The predicted octanol–water partition coefficient (Wildman–Crippen LogP) is 2.41. The van der Waals surface area contributed by atoms with E-state index in [2.05, 4.69) is 0 Å². The molecule has 0 radical (unpaired) electrons. The summed E-state index contributed by atoms with van der Waals surface area (Å²) in [5, 5.41) is 11.0. The quantitative estimate of drug-likeness (QED) is 0.283. The van der Waals surface area contributed by atoms with Crippen molar-refractivity contribution in [1.29, 1.82) is 0 Å². The van der Waals surface area contributed by atoms with Gasteiger partial charge in [0.25, 0.3) is 0 Å². The topological polar surface area (TPSA) is 57.2 Å². The van der Waals surface area contributed by atoms with E-state index in [9.17, 15) is 10.0 Å². The Morgan fingerprint density at radius 2 is 2.24 bits per heavy atom. The normalized spacial score (nSPS) is 10.9. The van der Waals surface area contributed by atoms with Crippen LogP contribution in [0.2, 0.25) is 0 Å². The van der Waals surface area contributed by atoms with Gasteiger partial charge < -0.3 is 9.62 Å². The molecule has 2 aromatic heterocycles. The van der Waals surface area contributed by atoms with E-state index >= 15 is 0 Å². The van der Waals surface area contributed by atoms with Crippen LogP contribution >= 0.6 is 22.6 Å². The van der Waals surface area contributed by atoms with Crippen LogP contribution in [0.4, 0.5) is 0 Å². The monoisotopic (exact) mass is 341 g/mol. The Bertz CT molecular complexity index is 575. The van der Waals surface area contributed by atoms with E-state index in [0.29, 0.717) is 16.1 Å². The minimum atomic E-state index is -0.235. The molecule has 0 bridgehead atoms. The number of pyridine rings is 1.